The van der Waals surface area contributed by atoms with Gasteiger partial charge < -0.3 is 15.5 Å². The number of fused-ring (bicyclic) bond motifs is 1. The van der Waals surface area contributed by atoms with Crippen LogP contribution in [0, 0.1) is 0 Å². The third-order valence-electron chi connectivity index (χ3n) is 3.53. The van der Waals surface area contributed by atoms with Gasteiger partial charge in [-0.25, -0.2) is 9.59 Å². The highest BCUT2D eigenvalue weighted by atomic mass is 16.4. The maximum Gasteiger partial charge on any atom is 0.328 e. The van der Waals surface area contributed by atoms with Crippen molar-refractivity contribution in [1.29, 1.82) is 0 Å². The van der Waals surface area contributed by atoms with Crippen molar-refractivity contribution in [2.45, 2.75) is 18.9 Å². The molecule has 120 valence electrons. The lowest BCUT2D eigenvalue weighted by Crippen LogP contribution is -2.19. The van der Waals surface area contributed by atoms with Gasteiger partial charge in [0.05, 0.1) is 12.4 Å². The second kappa shape index (κ2) is 7.93. The molecule has 3 rings (SSSR count). The molecule has 1 aromatic rings. The molecule has 0 fully saturated rings. The number of rotatable bonds is 3. The highest BCUT2D eigenvalue weighted by molar-refractivity contribution is 5.89. The molecule has 1 heterocycles. The Balaban J connectivity index is 0.000000207. The van der Waals surface area contributed by atoms with Gasteiger partial charge in [-0.15, -0.1) is 0 Å². The number of hydrogen-bond acceptors (Lipinski definition) is 4. The molecule has 0 saturated carbocycles. The summed E-state index contributed by atoms with van der Waals surface area (Å²) in [5.74, 6) is -2.51. The van der Waals surface area contributed by atoms with Crippen molar-refractivity contribution >= 4 is 24.4 Å². The van der Waals surface area contributed by atoms with Gasteiger partial charge in [0.2, 0.25) is 0 Å². The van der Waals surface area contributed by atoms with Gasteiger partial charge in [0, 0.05) is 18.7 Å². The predicted molar refractivity (Wildman–Crippen MR) is 87.4 cm³/mol. The van der Waals surface area contributed by atoms with Crippen LogP contribution in [0.3, 0.4) is 0 Å². The molecule has 0 aromatic heterocycles. The Hall–Kier alpha value is -2.89. The van der Waals surface area contributed by atoms with Gasteiger partial charge in [0.1, 0.15) is 0 Å². The van der Waals surface area contributed by atoms with Crippen LogP contribution in [0.25, 0.3) is 6.08 Å². The minimum Gasteiger partial charge on any atom is -0.478 e. The van der Waals surface area contributed by atoms with Crippen LogP contribution < -0.4 is 5.32 Å². The first-order valence-electron chi connectivity index (χ1n) is 7.23. The van der Waals surface area contributed by atoms with Crippen molar-refractivity contribution in [2.24, 2.45) is 4.99 Å². The Morgan fingerprint density at radius 1 is 1.13 bits per heavy atom. The molecule has 6 nitrogen and oxygen atoms in total. The quantitative estimate of drug-likeness (QED) is 0.738. The molecule has 1 atom stereocenters. The van der Waals surface area contributed by atoms with Gasteiger partial charge in [-0.3, -0.25) is 4.99 Å². The summed E-state index contributed by atoms with van der Waals surface area (Å²) in [5.41, 5.74) is 4.31. The molecule has 1 aromatic carbocycles. The van der Waals surface area contributed by atoms with E-state index in [0.717, 1.165) is 19.4 Å². The summed E-state index contributed by atoms with van der Waals surface area (Å²) in [6.07, 6.45) is 7.57. The summed E-state index contributed by atoms with van der Waals surface area (Å²) in [6.45, 7) is 0.966. The van der Waals surface area contributed by atoms with Gasteiger partial charge in [-0.05, 0) is 29.5 Å². The molecule has 0 amide bonds. The van der Waals surface area contributed by atoms with Crippen LogP contribution in [0.4, 0.5) is 0 Å². The number of carboxylic acids is 2. The maximum absolute atomic E-state index is 9.55. The van der Waals surface area contributed by atoms with Crippen molar-refractivity contribution in [2.75, 3.05) is 6.54 Å². The van der Waals surface area contributed by atoms with Crippen LogP contribution in [0.15, 0.2) is 47.0 Å². The van der Waals surface area contributed by atoms with E-state index in [1.807, 2.05) is 6.34 Å². The normalized spacial score (nSPS) is 18.4. The van der Waals surface area contributed by atoms with Crippen molar-refractivity contribution in [1.82, 2.24) is 5.32 Å². The molecular weight excluding hydrogens is 296 g/mol. The standard InChI is InChI=1S/C13H14N2.C4H4O4/c1-2-4-11-7-12(6-5-10(11)3-1)13-8-14-9-15-13;5-3(6)1-2-4(7)8/h1-4,7,9,13H,5-6,8H2,(H,14,15);1-2H,(H,5,6)(H,7,8)/t13-;/m1./s1. The van der Waals surface area contributed by atoms with E-state index >= 15 is 0 Å². The van der Waals surface area contributed by atoms with Crippen molar-refractivity contribution in [3.8, 4) is 0 Å². The monoisotopic (exact) mass is 314 g/mol. The predicted octanol–water partition coefficient (Wildman–Crippen LogP) is 1.73. The number of benzene rings is 1. The molecule has 0 radical (unpaired) electrons. The second-order valence-corrected chi connectivity index (χ2v) is 5.13. The Kier molecular flexibility index (Phi) is 5.68. The van der Waals surface area contributed by atoms with Crippen LogP contribution in [0.5, 0.6) is 0 Å². The number of hydrogen-bond donors (Lipinski definition) is 3. The summed E-state index contributed by atoms with van der Waals surface area (Å²) >= 11 is 0. The third-order valence-corrected chi connectivity index (χ3v) is 3.53. The van der Waals surface area contributed by atoms with Crippen LogP contribution in [-0.2, 0) is 16.0 Å². The SMILES string of the molecule is C1=N[C@@H](C2=Cc3ccccc3CC2)CN1.O=C(O)C=CC(=O)O. The highest BCUT2D eigenvalue weighted by Crippen LogP contribution is 2.27. The Bertz CT molecular complexity index is 661. The fraction of sp³-hybridized carbons (Fsp3) is 0.235. The van der Waals surface area contributed by atoms with Crippen molar-refractivity contribution < 1.29 is 19.8 Å². The number of carbonyl (C=O) groups is 2. The molecule has 1 aliphatic carbocycles. The van der Waals surface area contributed by atoms with E-state index < -0.39 is 11.9 Å². The van der Waals surface area contributed by atoms with Crippen molar-refractivity contribution in [3.63, 3.8) is 0 Å². The maximum atomic E-state index is 9.55. The van der Waals surface area contributed by atoms with Crippen LogP contribution in [-0.4, -0.2) is 41.1 Å². The molecule has 3 N–H and O–H groups in total. The number of carboxylic acid groups (broad SMARTS) is 2. The third kappa shape index (κ3) is 5.10. The first-order chi connectivity index (χ1) is 11.1. The Morgan fingerprint density at radius 3 is 2.43 bits per heavy atom. The summed E-state index contributed by atoms with van der Waals surface area (Å²) in [7, 11) is 0. The van der Waals surface area contributed by atoms with Gasteiger partial charge in [-0.1, -0.05) is 30.3 Å². The van der Waals surface area contributed by atoms with Crippen LogP contribution in [0.1, 0.15) is 17.5 Å². The largest absolute Gasteiger partial charge is 0.478 e. The number of aliphatic imine (C=N–C) groups is 1. The van der Waals surface area contributed by atoms with Gasteiger partial charge in [-0.2, -0.15) is 0 Å². The zero-order chi connectivity index (χ0) is 16.7. The van der Waals surface area contributed by atoms with E-state index in [4.69, 9.17) is 10.2 Å². The lowest BCUT2D eigenvalue weighted by Gasteiger charge is -2.19. The van der Waals surface area contributed by atoms with E-state index in [1.165, 1.54) is 16.7 Å². The minimum absolute atomic E-state index is 0.373. The van der Waals surface area contributed by atoms with E-state index in [2.05, 4.69) is 40.7 Å². The summed E-state index contributed by atoms with van der Waals surface area (Å²) in [5, 5.41) is 18.8. The lowest BCUT2D eigenvalue weighted by molar-refractivity contribution is -0.134. The van der Waals surface area contributed by atoms with Gasteiger partial charge >= 0.3 is 11.9 Å². The zero-order valence-electron chi connectivity index (χ0n) is 12.5. The first kappa shape index (κ1) is 16.5. The molecule has 0 spiro atoms. The second-order valence-electron chi connectivity index (χ2n) is 5.13. The molecule has 0 saturated heterocycles. The van der Waals surface area contributed by atoms with E-state index in [-0.39, 0.29) is 0 Å². The molecule has 23 heavy (non-hydrogen) atoms. The Labute approximate surface area is 133 Å². The fourth-order valence-electron chi connectivity index (χ4n) is 2.45. The molecule has 0 unspecified atom stereocenters. The molecule has 2 aliphatic rings. The number of nitrogens with one attached hydrogen (secondary N) is 1. The fourth-order valence-corrected chi connectivity index (χ4v) is 2.45. The average Bonchev–Trinajstić information content (AvgIpc) is 3.07. The number of aryl methyl sites for hydroxylation is 1. The molecule has 1 aliphatic heterocycles. The van der Waals surface area contributed by atoms with Gasteiger partial charge in [0.15, 0.2) is 0 Å². The zero-order valence-corrected chi connectivity index (χ0v) is 12.5. The summed E-state index contributed by atoms with van der Waals surface area (Å²) in [4.78, 5) is 23.5. The van der Waals surface area contributed by atoms with Crippen LogP contribution >= 0.6 is 0 Å². The van der Waals surface area contributed by atoms with Crippen molar-refractivity contribution in [3.05, 3.63) is 53.1 Å². The lowest BCUT2D eigenvalue weighted by atomic mass is 9.89. The van der Waals surface area contributed by atoms with Gasteiger partial charge in [0.25, 0.3) is 0 Å². The van der Waals surface area contributed by atoms with E-state index in [9.17, 15) is 9.59 Å². The first-order valence-corrected chi connectivity index (χ1v) is 7.23. The molecule has 6 heteroatoms. The summed E-state index contributed by atoms with van der Waals surface area (Å²) in [6, 6.07) is 9.01. The summed E-state index contributed by atoms with van der Waals surface area (Å²) < 4.78 is 0. The molecule has 0 bridgehead atoms. The number of aliphatic carboxylic acids is 2. The average molecular weight is 314 g/mol. The topological polar surface area (TPSA) is 99.0 Å². The minimum atomic E-state index is -1.26. The smallest absolute Gasteiger partial charge is 0.328 e. The molecular formula is C17H18N2O4. The van der Waals surface area contributed by atoms with E-state index in [0.29, 0.717) is 18.2 Å². The Morgan fingerprint density at radius 2 is 1.83 bits per heavy atom. The van der Waals surface area contributed by atoms with Crippen LogP contribution in [0.2, 0.25) is 0 Å². The number of nitrogens with zero attached hydrogens (tertiary/aromatic N) is 1. The van der Waals surface area contributed by atoms with E-state index in [1.54, 1.807) is 0 Å². The highest BCUT2D eigenvalue weighted by Gasteiger charge is 2.19.